The second-order valence-corrected chi connectivity index (χ2v) is 6.15. The number of nitrogens with two attached hydrogens (primary N) is 1. The van der Waals surface area contributed by atoms with E-state index in [1.54, 1.807) is 6.92 Å². The van der Waals surface area contributed by atoms with Gasteiger partial charge in [-0.05, 0) is 13.8 Å². The topological polar surface area (TPSA) is 88.5 Å². The predicted molar refractivity (Wildman–Crippen MR) is 90.0 cm³/mol. The number of piperazine rings is 1. The standard InChI is InChI=1S/C17H23N5O2/c1-12(18)17(23)22-10-8-21(9-11-22)13(2)16-19-15(20-24-16)14-6-4-3-5-7-14/h3-7,12-13H,8-11,18H2,1-2H3. The van der Waals surface area contributed by atoms with Crippen molar-refractivity contribution in [3.63, 3.8) is 0 Å². The van der Waals surface area contributed by atoms with Crippen molar-refractivity contribution in [1.29, 1.82) is 0 Å². The lowest BCUT2D eigenvalue weighted by atomic mass is 10.2. The number of amides is 1. The third-order valence-corrected chi connectivity index (χ3v) is 4.39. The van der Waals surface area contributed by atoms with E-state index in [4.69, 9.17) is 10.3 Å². The first-order valence-electron chi connectivity index (χ1n) is 8.23. The minimum Gasteiger partial charge on any atom is -0.339 e. The van der Waals surface area contributed by atoms with Crippen molar-refractivity contribution in [2.24, 2.45) is 5.73 Å². The molecule has 7 heteroatoms. The molecular formula is C17H23N5O2. The van der Waals surface area contributed by atoms with Crippen LogP contribution in [-0.4, -0.2) is 58.1 Å². The molecular weight excluding hydrogens is 306 g/mol. The zero-order chi connectivity index (χ0) is 17.1. The molecule has 0 spiro atoms. The van der Waals surface area contributed by atoms with Crippen LogP contribution < -0.4 is 5.73 Å². The van der Waals surface area contributed by atoms with Crippen LogP contribution in [0.1, 0.15) is 25.8 Å². The zero-order valence-electron chi connectivity index (χ0n) is 14.1. The van der Waals surface area contributed by atoms with E-state index in [0.29, 0.717) is 24.8 Å². The maximum absolute atomic E-state index is 11.9. The molecule has 2 N–H and O–H groups in total. The number of carbonyl (C=O) groups excluding carboxylic acids is 1. The van der Waals surface area contributed by atoms with Crippen molar-refractivity contribution in [1.82, 2.24) is 19.9 Å². The molecule has 2 unspecified atom stereocenters. The van der Waals surface area contributed by atoms with Crippen molar-refractivity contribution < 1.29 is 9.32 Å². The highest BCUT2D eigenvalue weighted by atomic mass is 16.5. The fraction of sp³-hybridized carbons (Fsp3) is 0.471. The molecule has 3 rings (SSSR count). The number of carbonyl (C=O) groups is 1. The largest absolute Gasteiger partial charge is 0.339 e. The van der Waals surface area contributed by atoms with E-state index in [1.165, 1.54) is 0 Å². The molecule has 1 amide bonds. The van der Waals surface area contributed by atoms with Crippen LogP contribution in [0.25, 0.3) is 11.4 Å². The number of hydrogen-bond acceptors (Lipinski definition) is 6. The van der Waals surface area contributed by atoms with E-state index in [1.807, 2.05) is 42.2 Å². The van der Waals surface area contributed by atoms with Crippen LogP contribution in [0.4, 0.5) is 0 Å². The highest BCUT2D eigenvalue weighted by Crippen LogP contribution is 2.23. The Morgan fingerprint density at radius 2 is 1.83 bits per heavy atom. The summed E-state index contributed by atoms with van der Waals surface area (Å²) < 4.78 is 5.44. The van der Waals surface area contributed by atoms with Gasteiger partial charge in [-0.1, -0.05) is 35.5 Å². The summed E-state index contributed by atoms with van der Waals surface area (Å²) in [5, 5.41) is 4.07. The van der Waals surface area contributed by atoms with Crippen LogP contribution in [0.15, 0.2) is 34.9 Å². The highest BCUT2D eigenvalue weighted by Gasteiger charge is 2.28. The van der Waals surface area contributed by atoms with Gasteiger partial charge in [0.2, 0.25) is 17.6 Å². The molecule has 1 fully saturated rings. The number of rotatable bonds is 4. The summed E-state index contributed by atoms with van der Waals surface area (Å²) in [5.41, 5.74) is 6.61. The van der Waals surface area contributed by atoms with Crippen LogP contribution in [0.3, 0.4) is 0 Å². The van der Waals surface area contributed by atoms with Crippen LogP contribution in [0, 0.1) is 0 Å². The molecule has 1 aromatic heterocycles. The second-order valence-electron chi connectivity index (χ2n) is 6.15. The van der Waals surface area contributed by atoms with E-state index >= 15 is 0 Å². The Bertz CT molecular complexity index is 677. The van der Waals surface area contributed by atoms with Gasteiger partial charge in [0.15, 0.2) is 0 Å². The van der Waals surface area contributed by atoms with E-state index in [2.05, 4.69) is 15.0 Å². The molecule has 1 aliphatic rings. The molecule has 1 saturated heterocycles. The van der Waals surface area contributed by atoms with E-state index < -0.39 is 6.04 Å². The molecule has 0 radical (unpaired) electrons. The number of benzene rings is 1. The maximum Gasteiger partial charge on any atom is 0.244 e. The molecule has 2 heterocycles. The van der Waals surface area contributed by atoms with Crippen LogP contribution in [0.5, 0.6) is 0 Å². The summed E-state index contributed by atoms with van der Waals surface area (Å²) >= 11 is 0. The Hall–Kier alpha value is -2.25. The molecule has 1 aromatic carbocycles. The van der Waals surface area contributed by atoms with E-state index in [-0.39, 0.29) is 11.9 Å². The normalized spacial score (nSPS) is 18.4. The molecule has 24 heavy (non-hydrogen) atoms. The number of hydrogen-bond donors (Lipinski definition) is 1. The zero-order valence-corrected chi connectivity index (χ0v) is 14.1. The summed E-state index contributed by atoms with van der Waals surface area (Å²) in [7, 11) is 0. The van der Waals surface area contributed by atoms with Crippen LogP contribution >= 0.6 is 0 Å². The van der Waals surface area contributed by atoms with Gasteiger partial charge in [0.05, 0.1) is 12.1 Å². The molecule has 128 valence electrons. The van der Waals surface area contributed by atoms with Gasteiger partial charge in [0.25, 0.3) is 0 Å². The summed E-state index contributed by atoms with van der Waals surface area (Å²) in [6.45, 7) is 6.65. The van der Waals surface area contributed by atoms with Crippen molar-refractivity contribution in [3.05, 3.63) is 36.2 Å². The molecule has 2 atom stereocenters. The van der Waals surface area contributed by atoms with Crippen LogP contribution in [0.2, 0.25) is 0 Å². The fourth-order valence-electron chi connectivity index (χ4n) is 2.88. The van der Waals surface area contributed by atoms with Gasteiger partial charge in [0, 0.05) is 31.7 Å². The number of aromatic nitrogens is 2. The molecule has 1 aliphatic heterocycles. The number of nitrogens with zero attached hydrogens (tertiary/aromatic N) is 4. The monoisotopic (exact) mass is 329 g/mol. The fourth-order valence-corrected chi connectivity index (χ4v) is 2.88. The lowest BCUT2D eigenvalue weighted by molar-refractivity contribution is -0.134. The van der Waals surface area contributed by atoms with Gasteiger partial charge < -0.3 is 15.2 Å². The average Bonchev–Trinajstić information content (AvgIpc) is 3.11. The highest BCUT2D eigenvalue weighted by molar-refractivity contribution is 5.81. The van der Waals surface area contributed by atoms with Gasteiger partial charge >= 0.3 is 0 Å². The van der Waals surface area contributed by atoms with Crippen molar-refractivity contribution in [2.75, 3.05) is 26.2 Å². The third-order valence-electron chi connectivity index (χ3n) is 4.39. The van der Waals surface area contributed by atoms with Gasteiger partial charge in [-0.25, -0.2) is 0 Å². The Labute approximate surface area is 141 Å². The third kappa shape index (κ3) is 3.47. The van der Waals surface area contributed by atoms with Gasteiger partial charge in [-0.2, -0.15) is 4.98 Å². The lowest BCUT2D eigenvalue weighted by Gasteiger charge is -2.37. The van der Waals surface area contributed by atoms with Crippen molar-refractivity contribution >= 4 is 5.91 Å². The SMILES string of the molecule is CC(N)C(=O)N1CCN(C(C)c2nc(-c3ccccc3)no2)CC1. The molecule has 0 bridgehead atoms. The van der Waals surface area contributed by atoms with Gasteiger partial charge in [-0.15, -0.1) is 0 Å². The Balaban J connectivity index is 1.63. The molecule has 0 saturated carbocycles. The first kappa shape index (κ1) is 16.6. The molecule has 0 aliphatic carbocycles. The molecule has 7 nitrogen and oxygen atoms in total. The first-order chi connectivity index (χ1) is 11.6. The smallest absolute Gasteiger partial charge is 0.244 e. The Morgan fingerprint density at radius 3 is 2.46 bits per heavy atom. The second kappa shape index (κ2) is 7.11. The summed E-state index contributed by atoms with van der Waals surface area (Å²) in [6.07, 6.45) is 0. The van der Waals surface area contributed by atoms with Gasteiger partial charge in [-0.3, -0.25) is 9.69 Å². The maximum atomic E-state index is 11.9. The molecule has 2 aromatic rings. The van der Waals surface area contributed by atoms with E-state index in [9.17, 15) is 4.79 Å². The first-order valence-corrected chi connectivity index (χ1v) is 8.23. The Kier molecular flexibility index (Phi) is 4.92. The van der Waals surface area contributed by atoms with Crippen LogP contribution in [-0.2, 0) is 4.79 Å². The summed E-state index contributed by atoms with van der Waals surface area (Å²) in [4.78, 5) is 20.5. The van der Waals surface area contributed by atoms with Gasteiger partial charge in [0.1, 0.15) is 0 Å². The summed E-state index contributed by atoms with van der Waals surface area (Å²) in [5.74, 6) is 1.20. The average molecular weight is 329 g/mol. The van der Waals surface area contributed by atoms with Crippen molar-refractivity contribution in [3.8, 4) is 11.4 Å². The van der Waals surface area contributed by atoms with Crippen molar-refractivity contribution in [2.45, 2.75) is 25.9 Å². The van der Waals surface area contributed by atoms with E-state index in [0.717, 1.165) is 18.7 Å². The Morgan fingerprint density at radius 1 is 1.17 bits per heavy atom. The lowest BCUT2D eigenvalue weighted by Crippen LogP contribution is -2.52. The summed E-state index contributed by atoms with van der Waals surface area (Å²) in [6, 6.07) is 9.33. The minimum atomic E-state index is -0.446. The predicted octanol–water partition coefficient (Wildman–Crippen LogP) is 1.29. The minimum absolute atomic E-state index is 0.00598. The quantitative estimate of drug-likeness (QED) is 0.909.